The SMILES string of the molecule is CCC(C)N(C)C(=O)CNc1ccccc1. The summed E-state index contributed by atoms with van der Waals surface area (Å²) >= 11 is 0. The number of nitrogens with one attached hydrogen (secondary N) is 1. The summed E-state index contributed by atoms with van der Waals surface area (Å²) in [6.07, 6.45) is 0.980. The Balaban J connectivity index is 2.41. The highest BCUT2D eigenvalue weighted by Crippen LogP contribution is 2.05. The molecule has 0 spiro atoms. The zero-order chi connectivity index (χ0) is 12.0. The quantitative estimate of drug-likeness (QED) is 0.826. The zero-order valence-electron chi connectivity index (χ0n) is 10.2. The summed E-state index contributed by atoms with van der Waals surface area (Å²) in [6, 6.07) is 10.1. The summed E-state index contributed by atoms with van der Waals surface area (Å²) in [5.41, 5.74) is 0.980. The first-order valence-corrected chi connectivity index (χ1v) is 5.69. The van der Waals surface area contributed by atoms with Gasteiger partial charge in [-0.2, -0.15) is 0 Å². The maximum Gasteiger partial charge on any atom is 0.241 e. The second-order valence-electron chi connectivity index (χ2n) is 3.98. The summed E-state index contributed by atoms with van der Waals surface area (Å²) < 4.78 is 0. The van der Waals surface area contributed by atoms with Crippen LogP contribution in [0.2, 0.25) is 0 Å². The predicted molar refractivity (Wildman–Crippen MR) is 67.5 cm³/mol. The molecule has 1 aromatic rings. The van der Waals surface area contributed by atoms with Crippen molar-refractivity contribution in [1.29, 1.82) is 0 Å². The Morgan fingerprint density at radius 3 is 2.56 bits per heavy atom. The number of para-hydroxylation sites is 1. The molecule has 1 atom stereocenters. The molecule has 3 nitrogen and oxygen atoms in total. The molecule has 0 bridgehead atoms. The van der Waals surface area contributed by atoms with Gasteiger partial charge in [0.1, 0.15) is 0 Å². The molecule has 16 heavy (non-hydrogen) atoms. The van der Waals surface area contributed by atoms with Crippen molar-refractivity contribution in [2.45, 2.75) is 26.3 Å². The van der Waals surface area contributed by atoms with Gasteiger partial charge >= 0.3 is 0 Å². The Morgan fingerprint density at radius 1 is 1.38 bits per heavy atom. The fraction of sp³-hybridized carbons (Fsp3) is 0.462. The van der Waals surface area contributed by atoms with Crippen LogP contribution in [0.1, 0.15) is 20.3 Å². The monoisotopic (exact) mass is 220 g/mol. The van der Waals surface area contributed by atoms with E-state index < -0.39 is 0 Å². The van der Waals surface area contributed by atoms with E-state index >= 15 is 0 Å². The molecule has 0 aliphatic heterocycles. The molecule has 1 aromatic carbocycles. The van der Waals surface area contributed by atoms with Crippen molar-refractivity contribution >= 4 is 11.6 Å². The van der Waals surface area contributed by atoms with Gasteiger partial charge in [-0.05, 0) is 25.5 Å². The number of amides is 1. The Kier molecular flexibility index (Phi) is 4.83. The standard InChI is InChI=1S/C13H20N2O/c1-4-11(2)15(3)13(16)10-14-12-8-6-5-7-9-12/h5-9,11,14H,4,10H2,1-3H3. The fourth-order valence-electron chi connectivity index (χ4n) is 1.38. The van der Waals surface area contributed by atoms with Gasteiger partial charge in [-0.25, -0.2) is 0 Å². The molecule has 0 heterocycles. The van der Waals surface area contributed by atoms with Crippen molar-refractivity contribution in [3.63, 3.8) is 0 Å². The van der Waals surface area contributed by atoms with E-state index in [2.05, 4.69) is 19.2 Å². The van der Waals surface area contributed by atoms with Crippen molar-refractivity contribution in [2.24, 2.45) is 0 Å². The molecule has 3 heteroatoms. The van der Waals surface area contributed by atoms with Crippen LogP contribution >= 0.6 is 0 Å². The summed E-state index contributed by atoms with van der Waals surface area (Å²) in [5.74, 6) is 0.123. The number of rotatable bonds is 5. The van der Waals surface area contributed by atoms with Crippen LogP contribution in [0.15, 0.2) is 30.3 Å². The first kappa shape index (κ1) is 12.6. The molecule has 1 N–H and O–H groups in total. The zero-order valence-corrected chi connectivity index (χ0v) is 10.2. The lowest BCUT2D eigenvalue weighted by molar-refractivity contribution is -0.129. The number of nitrogens with zero attached hydrogens (tertiary/aromatic N) is 1. The maximum atomic E-state index is 11.8. The van der Waals surface area contributed by atoms with E-state index in [1.807, 2.05) is 37.4 Å². The number of carbonyl (C=O) groups excluding carboxylic acids is 1. The number of anilines is 1. The number of carbonyl (C=O) groups is 1. The third-order valence-electron chi connectivity index (χ3n) is 2.86. The number of hydrogen-bond donors (Lipinski definition) is 1. The van der Waals surface area contributed by atoms with Crippen molar-refractivity contribution in [3.05, 3.63) is 30.3 Å². The Morgan fingerprint density at radius 2 is 2.00 bits per heavy atom. The van der Waals surface area contributed by atoms with Gasteiger partial charge < -0.3 is 10.2 Å². The largest absolute Gasteiger partial charge is 0.376 e. The van der Waals surface area contributed by atoms with Crippen LogP contribution in [0.25, 0.3) is 0 Å². The smallest absolute Gasteiger partial charge is 0.241 e. The van der Waals surface area contributed by atoms with E-state index in [9.17, 15) is 4.79 Å². The lowest BCUT2D eigenvalue weighted by Crippen LogP contribution is -2.38. The van der Waals surface area contributed by atoms with Gasteiger partial charge in [0, 0.05) is 18.8 Å². The second kappa shape index (κ2) is 6.16. The van der Waals surface area contributed by atoms with Crippen LogP contribution in [0.3, 0.4) is 0 Å². The first-order valence-electron chi connectivity index (χ1n) is 5.69. The van der Waals surface area contributed by atoms with E-state index in [1.165, 1.54) is 0 Å². The summed E-state index contributed by atoms with van der Waals surface area (Å²) in [4.78, 5) is 13.6. The molecule has 0 aliphatic rings. The van der Waals surface area contributed by atoms with Gasteiger partial charge in [0.05, 0.1) is 6.54 Å². The molecular formula is C13H20N2O. The van der Waals surface area contributed by atoms with E-state index in [0.717, 1.165) is 12.1 Å². The van der Waals surface area contributed by atoms with Gasteiger partial charge in [0.25, 0.3) is 0 Å². The molecule has 0 saturated heterocycles. The summed E-state index contributed by atoms with van der Waals surface area (Å²) in [6.45, 7) is 4.49. The van der Waals surface area contributed by atoms with Crippen LogP contribution in [0.5, 0.6) is 0 Å². The first-order chi connectivity index (χ1) is 7.65. The van der Waals surface area contributed by atoms with Crippen molar-refractivity contribution in [2.75, 3.05) is 18.9 Å². The molecule has 0 fully saturated rings. The molecule has 88 valence electrons. The third kappa shape index (κ3) is 3.57. The lowest BCUT2D eigenvalue weighted by Gasteiger charge is -2.24. The minimum absolute atomic E-state index is 0.123. The minimum atomic E-state index is 0.123. The van der Waals surface area contributed by atoms with Crippen LogP contribution in [-0.2, 0) is 4.79 Å². The average molecular weight is 220 g/mol. The molecule has 1 amide bonds. The minimum Gasteiger partial charge on any atom is -0.376 e. The van der Waals surface area contributed by atoms with Crippen LogP contribution < -0.4 is 5.32 Å². The molecule has 0 saturated carbocycles. The second-order valence-corrected chi connectivity index (χ2v) is 3.98. The number of likely N-dealkylation sites (N-methyl/N-ethyl adjacent to an activating group) is 1. The van der Waals surface area contributed by atoms with Gasteiger partial charge in [-0.15, -0.1) is 0 Å². The summed E-state index contributed by atoms with van der Waals surface area (Å²) in [5, 5.41) is 3.11. The molecular weight excluding hydrogens is 200 g/mol. The van der Waals surface area contributed by atoms with Gasteiger partial charge in [-0.1, -0.05) is 25.1 Å². The Bertz CT molecular complexity index is 324. The average Bonchev–Trinajstić information content (AvgIpc) is 2.35. The van der Waals surface area contributed by atoms with E-state index in [4.69, 9.17) is 0 Å². The summed E-state index contributed by atoms with van der Waals surface area (Å²) in [7, 11) is 1.85. The van der Waals surface area contributed by atoms with Crippen LogP contribution in [0.4, 0.5) is 5.69 Å². The van der Waals surface area contributed by atoms with E-state index in [-0.39, 0.29) is 5.91 Å². The molecule has 0 radical (unpaired) electrons. The Hall–Kier alpha value is -1.51. The van der Waals surface area contributed by atoms with Crippen molar-refractivity contribution in [1.82, 2.24) is 4.90 Å². The fourth-order valence-corrected chi connectivity index (χ4v) is 1.38. The van der Waals surface area contributed by atoms with E-state index in [1.54, 1.807) is 4.90 Å². The van der Waals surface area contributed by atoms with Crippen molar-refractivity contribution < 1.29 is 4.79 Å². The predicted octanol–water partition coefficient (Wildman–Crippen LogP) is 2.36. The van der Waals surface area contributed by atoms with Gasteiger partial charge in [0.15, 0.2) is 0 Å². The molecule has 0 aromatic heterocycles. The lowest BCUT2D eigenvalue weighted by atomic mass is 10.2. The van der Waals surface area contributed by atoms with Gasteiger partial charge in [0.2, 0.25) is 5.91 Å². The molecule has 0 aliphatic carbocycles. The Labute approximate surface area is 97.5 Å². The number of benzene rings is 1. The molecule has 1 unspecified atom stereocenters. The van der Waals surface area contributed by atoms with E-state index in [0.29, 0.717) is 12.6 Å². The van der Waals surface area contributed by atoms with Crippen LogP contribution in [0, 0.1) is 0 Å². The normalized spacial score (nSPS) is 11.9. The highest BCUT2D eigenvalue weighted by Gasteiger charge is 2.13. The van der Waals surface area contributed by atoms with Gasteiger partial charge in [-0.3, -0.25) is 4.79 Å². The topological polar surface area (TPSA) is 32.3 Å². The highest BCUT2D eigenvalue weighted by molar-refractivity contribution is 5.80. The molecule has 1 rings (SSSR count). The van der Waals surface area contributed by atoms with Crippen LogP contribution in [-0.4, -0.2) is 30.4 Å². The number of hydrogen-bond acceptors (Lipinski definition) is 2. The van der Waals surface area contributed by atoms with Crippen molar-refractivity contribution in [3.8, 4) is 0 Å². The highest BCUT2D eigenvalue weighted by atomic mass is 16.2. The third-order valence-corrected chi connectivity index (χ3v) is 2.86. The maximum absolute atomic E-state index is 11.8.